The van der Waals surface area contributed by atoms with Crippen LogP contribution >= 0.6 is 0 Å². The average Bonchev–Trinajstić information content (AvgIpc) is 2.37. The normalized spacial score (nSPS) is 24.3. The van der Waals surface area contributed by atoms with Crippen LogP contribution in [0.1, 0.15) is 32.6 Å². The third-order valence-corrected chi connectivity index (χ3v) is 3.42. The highest BCUT2D eigenvalue weighted by atomic mass is 16.5. The Morgan fingerprint density at radius 2 is 1.72 bits per heavy atom. The maximum absolute atomic E-state index is 5.50. The molecule has 0 radical (unpaired) electrons. The van der Waals surface area contributed by atoms with Crippen molar-refractivity contribution in [2.24, 2.45) is 5.92 Å². The fourth-order valence-electron chi connectivity index (χ4n) is 2.42. The summed E-state index contributed by atoms with van der Waals surface area (Å²) < 4.78 is 15.7. The molecule has 1 aliphatic rings. The van der Waals surface area contributed by atoms with Gasteiger partial charge in [-0.2, -0.15) is 0 Å². The van der Waals surface area contributed by atoms with E-state index in [0.29, 0.717) is 32.5 Å². The highest BCUT2D eigenvalue weighted by Crippen LogP contribution is 2.23. The summed E-state index contributed by atoms with van der Waals surface area (Å²) in [7, 11) is 1.68. The first-order chi connectivity index (χ1) is 8.83. The van der Waals surface area contributed by atoms with E-state index < -0.39 is 0 Å². The maximum atomic E-state index is 5.50. The van der Waals surface area contributed by atoms with Crippen LogP contribution in [0.25, 0.3) is 0 Å². The Kier molecular flexibility index (Phi) is 9.48. The van der Waals surface area contributed by atoms with Crippen LogP contribution in [0.4, 0.5) is 0 Å². The standard InChI is InChI=1S/C14H29NO3/c1-13-4-3-5-14(12-13)15-6-7-17-10-11-18-9-8-16-2/h13-15H,3-12H2,1-2H3. The molecule has 4 heteroatoms. The van der Waals surface area contributed by atoms with Crippen molar-refractivity contribution in [3.63, 3.8) is 0 Å². The molecule has 1 fully saturated rings. The molecule has 0 bridgehead atoms. The number of hydrogen-bond donors (Lipinski definition) is 1. The molecule has 0 amide bonds. The number of methoxy groups -OCH3 is 1. The molecular weight excluding hydrogens is 230 g/mol. The summed E-state index contributed by atoms with van der Waals surface area (Å²) in [6.07, 6.45) is 5.41. The number of hydrogen-bond acceptors (Lipinski definition) is 4. The molecule has 0 saturated heterocycles. The summed E-state index contributed by atoms with van der Waals surface area (Å²) in [4.78, 5) is 0. The summed E-state index contributed by atoms with van der Waals surface area (Å²) in [6.45, 7) is 6.71. The van der Waals surface area contributed by atoms with Gasteiger partial charge in [-0.1, -0.05) is 19.8 Å². The zero-order valence-electron chi connectivity index (χ0n) is 12.0. The van der Waals surface area contributed by atoms with Crippen molar-refractivity contribution < 1.29 is 14.2 Å². The molecule has 0 aromatic heterocycles. The van der Waals surface area contributed by atoms with Crippen molar-refractivity contribution >= 4 is 0 Å². The second kappa shape index (κ2) is 10.7. The van der Waals surface area contributed by atoms with Crippen molar-refractivity contribution in [1.82, 2.24) is 5.32 Å². The summed E-state index contributed by atoms with van der Waals surface area (Å²) in [6, 6.07) is 0.704. The Balaban J connectivity index is 1.80. The van der Waals surface area contributed by atoms with E-state index in [1.807, 2.05) is 0 Å². The van der Waals surface area contributed by atoms with Gasteiger partial charge in [-0.3, -0.25) is 0 Å². The molecular formula is C14H29NO3. The molecule has 1 saturated carbocycles. The van der Waals surface area contributed by atoms with Crippen molar-refractivity contribution in [2.45, 2.75) is 38.6 Å². The van der Waals surface area contributed by atoms with Crippen LogP contribution in [0.15, 0.2) is 0 Å². The van der Waals surface area contributed by atoms with Gasteiger partial charge in [0.2, 0.25) is 0 Å². The number of nitrogens with one attached hydrogen (secondary N) is 1. The molecule has 0 aliphatic heterocycles. The first kappa shape index (κ1) is 15.9. The van der Waals surface area contributed by atoms with Crippen molar-refractivity contribution in [2.75, 3.05) is 46.7 Å². The predicted molar refractivity (Wildman–Crippen MR) is 72.9 cm³/mol. The molecule has 4 nitrogen and oxygen atoms in total. The highest BCUT2D eigenvalue weighted by molar-refractivity contribution is 4.75. The van der Waals surface area contributed by atoms with Crippen LogP contribution < -0.4 is 5.32 Å². The lowest BCUT2D eigenvalue weighted by Gasteiger charge is -2.27. The zero-order chi connectivity index (χ0) is 13.1. The molecule has 0 spiro atoms. The largest absolute Gasteiger partial charge is 0.382 e. The summed E-state index contributed by atoms with van der Waals surface area (Å²) in [5.74, 6) is 0.881. The van der Waals surface area contributed by atoms with E-state index in [4.69, 9.17) is 14.2 Å². The second-order valence-electron chi connectivity index (χ2n) is 5.14. The number of ether oxygens (including phenoxy) is 3. The lowest BCUT2D eigenvalue weighted by molar-refractivity contribution is 0.0249. The van der Waals surface area contributed by atoms with Gasteiger partial charge in [-0.05, 0) is 18.8 Å². The smallest absolute Gasteiger partial charge is 0.0701 e. The van der Waals surface area contributed by atoms with E-state index >= 15 is 0 Å². The molecule has 0 aromatic rings. The third-order valence-electron chi connectivity index (χ3n) is 3.42. The van der Waals surface area contributed by atoms with Gasteiger partial charge in [0.1, 0.15) is 0 Å². The number of rotatable bonds is 10. The lowest BCUT2D eigenvalue weighted by Crippen LogP contribution is -2.35. The second-order valence-corrected chi connectivity index (χ2v) is 5.14. The molecule has 1 aliphatic carbocycles. The summed E-state index contributed by atoms with van der Waals surface area (Å²) in [5.41, 5.74) is 0. The molecule has 0 heterocycles. The van der Waals surface area contributed by atoms with Crippen molar-refractivity contribution in [3.05, 3.63) is 0 Å². The fraction of sp³-hybridized carbons (Fsp3) is 1.00. The third kappa shape index (κ3) is 8.03. The minimum Gasteiger partial charge on any atom is -0.382 e. The van der Waals surface area contributed by atoms with E-state index in [1.165, 1.54) is 25.7 Å². The van der Waals surface area contributed by atoms with E-state index in [2.05, 4.69) is 12.2 Å². The lowest BCUT2D eigenvalue weighted by atomic mass is 9.87. The minimum absolute atomic E-state index is 0.651. The van der Waals surface area contributed by atoms with Crippen molar-refractivity contribution in [1.29, 1.82) is 0 Å². The summed E-state index contributed by atoms with van der Waals surface area (Å²) >= 11 is 0. The van der Waals surface area contributed by atoms with E-state index in [1.54, 1.807) is 7.11 Å². The van der Waals surface area contributed by atoms with Gasteiger partial charge < -0.3 is 19.5 Å². The van der Waals surface area contributed by atoms with Crippen LogP contribution in [-0.4, -0.2) is 52.7 Å². The van der Waals surface area contributed by atoms with E-state index in [-0.39, 0.29) is 0 Å². The first-order valence-corrected chi connectivity index (χ1v) is 7.20. The molecule has 1 N–H and O–H groups in total. The Bertz CT molecular complexity index is 190. The monoisotopic (exact) mass is 259 g/mol. The van der Waals surface area contributed by atoms with Crippen LogP contribution in [0.5, 0.6) is 0 Å². The molecule has 2 unspecified atom stereocenters. The highest BCUT2D eigenvalue weighted by Gasteiger charge is 2.17. The molecule has 1 rings (SSSR count). The molecule has 0 aromatic carbocycles. The Hall–Kier alpha value is -0.160. The fourth-order valence-corrected chi connectivity index (χ4v) is 2.42. The van der Waals surface area contributed by atoms with Crippen molar-refractivity contribution in [3.8, 4) is 0 Å². The van der Waals surface area contributed by atoms with E-state index in [0.717, 1.165) is 19.1 Å². The zero-order valence-corrected chi connectivity index (χ0v) is 12.0. The first-order valence-electron chi connectivity index (χ1n) is 7.20. The summed E-state index contributed by atoms with van der Waals surface area (Å²) in [5, 5.41) is 3.58. The Morgan fingerprint density at radius 3 is 2.44 bits per heavy atom. The molecule has 2 atom stereocenters. The Morgan fingerprint density at radius 1 is 1.00 bits per heavy atom. The maximum Gasteiger partial charge on any atom is 0.0701 e. The van der Waals surface area contributed by atoms with Crippen LogP contribution in [0.2, 0.25) is 0 Å². The van der Waals surface area contributed by atoms with E-state index in [9.17, 15) is 0 Å². The molecule has 108 valence electrons. The SMILES string of the molecule is COCCOCCOCCNC1CCCC(C)C1. The predicted octanol–water partition coefficient (Wildman–Crippen LogP) is 1.83. The van der Waals surface area contributed by atoms with Crippen LogP contribution in [0.3, 0.4) is 0 Å². The average molecular weight is 259 g/mol. The minimum atomic E-state index is 0.651. The van der Waals surface area contributed by atoms with Gasteiger partial charge in [0.05, 0.1) is 33.0 Å². The van der Waals surface area contributed by atoms with Gasteiger partial charge in [0.25, 0.3) is 0 Å². The van der Waals surface area contributed by atoms with Gasteiger partial charge >= 0.3 is 0 Å². The molecule has 18 heavy (non-hydrogen) atoms. The van der Waals surface area contributed by atoms with Gasteiger partial charge in [0.15, 0.2) is 0 Å². The van der Waals surface area contributed by atoms with Gasteiger partial charge in [-0.15, -0.1) is 0 Å². The topological polar surface area (TPSA) is 39.7 Å². The van der Waals surface area contributed by atoms with Gasteiger partial charge in [-0.25, -0.2) is 0 Å². The van der Waals surface area contributed by atoms with Gasteiger partial charge in [0, 0.05) is 19.7 Å². The van der Waals surface area contributed by atoms with Crippen LogP contribution in [-0.2, 0) is 14.2 Å². The van der Waals surface area contributed by atoms with Crippen LogP contribution in [0, 0.1) is 5.92 Å². The Labute approximate surface area is 111 Å². The quantitative estimate of drug-likeness (QED) is 0.608.